The Kier molecular flexibility index (Phi) is 13.0. The Morgan fingerprint density at radius 2 is 1.66 bits per heavy atom. The van der Waals surface area contributed by atoms with Gasteiger partial charge in [0.15, 0.2) is 0 Å². The van der Waals surface area contributed by atoms with E-state index in [1.807, 2.05) is 61.5 Å². The summed E-state index contributed by atoms with van der Waals surface area (Å²) in [4.78, 5) is 44.0. The van der Waals surface area contributed by atoms with Crippen molar-refractivity contribution in [3.63, 3.8) is 0 Å². The van der Waals surface area contributed by atoms with E-state index in [-0.39, 0.29) is 30.3 Å². The molecule has 7 heteroatoms. The molecule has 0 spiro atoms. The third-order valence-corrected chi connectivity index (χ3v) is 8.10. The average molecular weight is 604 g/mol. The van der Waals surface area contributed by atoms with Crippen LogP contribution in [0.5, 0.6) is 0 Å². The maximum Gasteiger partial charge on any atom is 0.408 e. The summed E-state index contributed by atoms with van der Waals surface area (Å²) in [5.74, 6) is -0.0876. The van der Waals surface area contributed by atoms with Gasteiger partial charge in [0.1, 0.15) is 17.7 Å². The quantitative estimate of drug-likeness (QED) is 0.247. The van der Waals surface area contributed by atoms with Crippen LogP contribution in [0, 0.1) is 5.92 Å². The van der Waals surface area contributed by atoms with E-state index in [1.54, 1.807) is 31.7 Å². The van der Waals surface area contributed by atoms with E-state index in [0.717, 1.165) is 48.8 Å². The van der Waals surface area contributed by atoms with Gasteiger partial charge in [0.05, 0.1) is 0 Å². The van der Waals surface area contributed by atoms with Crippen molar-refractivity contribution in [2.45, 2.75) is 123 Å². The molecule has 2 aromatic rings. The highest BCUT2D eigenvalue weighted by Gasteiger charge is 2.39. The number of nitrogens with one attached hydrogen (secondary N) is 2. The van der Waals surface area contributed by atoms with E-state index in [2.05, 4.69) is 31.1 Å². The Hall–Kier alpha value is -3.61. The van der Waals surface area contributed by atoms with Gasteiger partial charge >= 0.3 is 6.09 Å². The lowest BCUT2D eigenvalue weighted by atomic mass is 9.93. The number of carbonyl (C=O) groups is 3. The van der Waals surface area contributed by atoms with Crippen molar-refractivity contribution in [2.75, 3.05) is 0 Å². The third-order valence-electron chi connectivity index (χ3n) is 8.10. The minimum Gasteiger partial charge on any atom is -0.444 e. The number of benzene rings is 2. The minimum atomic E-state index is -0.943. The Morgan fingerprint density at radius 1 is 0.977 bits per heavy atom. The molecule has 2 N–H and O–H groups in total. The molecule has 3 atom stereocenters. The number of carbonyl (C=O) groups excluding carboxylic acids is 3. The SMILES string of the molecule is C=Cc1cccc(C(C(=O)NC2CCCCC2)N(C(=O)C(Cc2ccccc2)NC(=O)OC(C)(C)C)C(C)CCC(C)C)c1. The second-order valence-electron chi connectivity index (χ2n) is 13.6. The zero-order valence-corrected chi connectivity index (χ0v) is 27.6. The fourth-order valence-electron chi connectivity index (χ4n) is 5.81. The second kappa shape index (κ2) is 16.5. The van der Waals surface area contributed by atoms with Crippen LogP contribution >= 0.6 is 0 Å². The molecule has 240 valence electrons. The summed E-state index contributed by atoms with van der Waals surface area (Å²) in [5, 5.41) is 6.17. The predicted octanol–water partition coefficient (Wildman–Crippen LogP) is 7.61. The Balaban J connectivity index is 2.10. The number of hydrogen-bond acceptors (Lipinski definition) is 4. The normalized spacial score (nSPS) is 16.0. The van der Waals surface area contributed by atoms with Gasteiger partial charge in [-0.2, -0.15) is 0 Å². The Bertz CT molecular complexity index is 1230. The molecule has 1 saturated carbocycles. The van der Waals surface area contributed by atoms with E-state index in [0.29, 0.717) is 12.3 Å². The molecule has 0 radical (unpaired) electrons. The minimum absolute atomic E-state index is 0.0734. The van der Waals surface area contributed by atoms with Crippen molar-refractivity contribution in [1.29, 1.82) is 0 Å². The molecular formula is C37H53N3O4. The topological polar surface area (TPSA) is 87.7 Å². The zero-order chi connectivity index (χ0) is 32.3. The summed E-state index contributed by atoms with van der Waals surface area (Å²) >= 11 is 0. The van der Waals surface area contributed by atoms with Crippen LogP contribution in [-0.2, 0) is 20.7 Å². The van der Waals surface area contributed by atoms with Crippen molar-refractivity contribution >= 4 is 24.0 Å². The number of rotatable bonds is 13. The maximum absolute atomic E-state index is 14.9. The van der Waals surface area contributed by atoms with Crippen molar-refractivity contribution in [3.05, 3.63) is 77.9 Å². The van der Waals surface area contributed by atoms with E-state index in [9.17, 15) is 14.4 Å². The molecular weight excluding hydrogens is 550 g/mol. The lowest BCUT2D eigenvalue weighted by Crippen LogP contribution is -2.57. The van der Waals surface area contributed by atoms with E-state index in [4.69, 9.17) is 4.74 Å². The van der Waals surface area contributed by atoms with Crippen LogP contribution in [0.2, 0.25) is 0 Å². The molecule has 3 rings (SSSR count). The van der Waals surface area contributed by atoms with Crippen molar-refractivity contribution in [3.8, 4) is 0 Å². The molecule has 0 aromatic heterocycles. The van der Waals surface area contributed by atoms with E-state index >= 15 is 0 Å². The predicted molar refractivity (Wildman–Crippen MR) is 178 cm³/mol. The van der Waals surface area contributed by atoms with Gasteiger partial charge in [-0.15, -0.1) is 0 Å². The van der Waals surface area contributed by atoms with Crippen LogP contribution in [-0.4, -0.2) is 46.5 Å². The first kappa shape index (κ1) is 34.9. The summed E-state index contributed by atoms with van der Waals surface area (Å²) in [6, 6.07) is 15.2. The molecule has 2 aromatic carbocycles. The van der Waals surface area contributed by atoms with Gasteiger partial charge in [0.25, 0.3) is 0 Å². The number of nitrogens with zero attached hydrogens (tertiary/aromatic N) is 1. The largest absolute Gasteiger partial charge is 0.444 e. The van der Waals surface area contributed by atoms with Gasteiger partial charge in [-0.3, -0.25) is 9.59 Å². The Labute approximate surface area is 264 Å². The zero-order valence-electron chi connectivity index (χ0n) is 27.6. The molecule has 1 fully saturated rings. The fraction of sp³-hybridized carbons (Fsp3) is 0.541. The molecule has 0 saturated heterocycles. The monoisotopic (exact) mass is 603 g/mol. The first-order valence-corrected chi connectivity index (χ1v) is 16.3. The smallest absolute Gasteiger partial charge is 0.408 e. The van der Waals surface area contributed by atoms with Crippen LogP contribution < -0.4 is 10.6 Å². The van der Waals surface area contributed by atoms with Crippen LogP contribution in [0.4, 0.5) is 4.79 Å². The summed E-state index contributed by atoms with van der Waals surface area (Å²) in [6.45, 7) is 15.6. The summed E-state index contributed by atoms with van der Waals surface area (Å²) in [5.41, 5.74) is 1.75. The Morgan fingerprint density at radius 3 is 2.27 bits per heavy atom. The summed E-state index contributed by atoms with van der Waals surface area (Å²) in [6.07, 6.45) is 8.12. The molecule has 1 aliphatic rings. The second-order valence-corrected chi connectivity index (χ2v) is 13.6. The maximum atomic E-state index is 14.9. The molecule has 0 heterocycles. The molecule has 44 heavy (non-hydrogen) atoms. The van der Waals surface area contributed by atoms with Gasteiger partial charge in [-0.25, -0.2) is 4.79 Å². The number of hydrogen-bond donors (Lipinski definition) is 2. The highest BCUT2D eigenvalue weighted by Crippen LogP contribution is 2.30. The number of amides is 3. The highest BCUT2D eigenvalue weighted by atomic mass is 16.6. The van der Waals surface area contributed by atoms with Gasteiger partial charge < -0.3 is 20.3 Å². The highest BCUT2D eigenvalue weighted by molar-refractivity contribution is 5.92. The van der Waals surface area contributed by atoms with Crippen LogP contribution in [0.1, 0.15) is 109 Å². The fourth-order valence-corrected chi connectivity index (χ4v) is 5.81. The van der Waals surface area contributed by atoms with Crippen molar-refractivity contribution < 1.29 is 19.1 Å². The molecule has 1 aliphatic carbocycles. The standard InChI is InChI=1S/C37H53N3O4/c1-8-28-18-15-19-30(24-28)33(34(41)38-31-20-13-10-14-21-31)40(27(4)23-22-26(2)3)35(42)32(25-29-16-11-9-12-17-29)39-36(43)44-37(5,6)7/h8-9,11-12,15-19,24,26-27,31-33H,1,10,13-14,20-23,25H2,2-7H3,(H,38,41)(H,39,43). The first-order chi connectivity index (χ1) is 20.9. The lowest BCUT2D eigenvalue weighted by molar-refractivity contribution is -0.145. The molecule has 0 aliphatic heterocycles. The van der Waals surface area contributed by atoms with Crippen LogP contribution in [0.3, 0.4) is 0 Å². The van der Waals surface area contributed by atoms with Gasteiger partial charge in [0, 0.05) is 18.5 Å². The van der Waals surface area contributed by atoms with Crippen molar-refractivity contribution in [2.24, 2.45) is 5.92 Å². The first-order valence-electron chi connectivity index (χ1n) is 16.3. The summed E-state index contributed by atoms with van der Waals surface area (Å²) < 4.78 is 5.59. The van der Waals surface area contributed by atoms with Crippen LogP contribution in [0.25, 0.3) is 6.08 Å². The number of ether oxygens (including phenoxy) is 1. The van der Waals surface area contributed by atoms with Gasteiger partial charge in [-0.1, -0.05) is 94.3 Å². The van der Waals surface area contributed by atoms with Gasteiger partial charge in [-0.05, 0) is 82.1 Å². The van der Waals surface area contributed by atoms with E-state index in [1.165, 1.54) is 6.42 Å². The molecule has 3 unspecified atom stereocenters. The third kappa shape index (κ3) is 10.8. The summed E-state index contributed by atoms with van der Waals surface area (Å²) in [7, 11) is 0. The van der Waals surface area contributed by atoms with Crippen LogP contribution in [0.15, 0.2) is 61.2 Å². The van der Waals surface area contributed by atoms with E-state index < -0.39 is 23.8 Å². The molecule has 7 nitrogen and oxygen atoms in total. The van der Waals surface area contributed by atoms with Crippen molar-refractivity contribution in [1.82, 2.24) is 15.5 Å². The molecule has 3 amide bonds. The van der Waals surface area contributed by atoms with Gasteiger partial charge in [0.2, 0.25) is 11.8 Å². The lowest BCUT2D eigenvalue weighted by Gasteiger charge is -2.39. The average Bonchev–Trinajstić information content (AvgIpc) is 2.98. The number of alkyl carbamates (subject to hydrolysis) is 1. The molecule has 0 bridgehead atoms.